The van der Waals surface area contributed by atoms with Crippen LogP contribution < -0.4 is 10.6 Å². The molecule has 2 rings (SSSR count). The fraction of sp³-hybridized carbons (Fsp3) is 0.611. The van der Waals surface area contributed by atoms with E-state index < -0.39 is 30.4 Å². The summed E-state index contributed by atoms with van der Waals surface area (Å²) in [6.45, 7) is -0.176. The second-order valence-electron chi connectivity index (χ2n) is 7.05. The Morgan fingerprint density at radius 2 is 1.93 bits per heavy atom. The zero-order valence-corrected chi connectivity index (χ0v) is 16.2. The summed E-state index contributed by atoms with van der Waals surface area (Å²) in [6.07, 6.45) is -3.67. The average Bonchev–Trinajstić information content (AvgIpc) is 3.00. The smallest absolute Gasteiger partial charge is 0.354 e. The maximum atomic E-state index is 14.1. The lowest BCUT2D eigenvalue weighted by atomic mass is 10.0. The van der Waals surface area contributed by atoms with Gasteiger partial charge in [0, 0.05) is 38.3 Å². The molecule has 0 spiro atoms. The zero-order chi connectivity index (χ0) is 20.9. The molecule has 0 radical (unpaired) electrons. The van der Waals surface area contributed by atoms with Gasteiger partial charge in [-0.25, -0.2) is 8.78 Å². The van der Waals surface area contributed by atoms with Crippen LogP contribution in [-0.2, 0) is 0 Å². The minimum atomic E-state index is -4.22. The van der Waals surface area contributed by atoms with Gasteiger partial charge in [-0.05, 0) is 32.6 Å². The van der Waals surface area contributed by atoms with E-state index in [1.54, 1.807) is 19.0 Å². The Morgan fingerprint density at radius 3 is 2.46 bits per heavy atom. The lowest BCUT2D eigenvalue weighted by Crippen LogP contribution is -2.47. The summed E-state index contributed by atoms with van der Waals surface area (Å²) < 4.78 is 65.8. The molecule has 1 saturated heterocycles. The normalized spacial score (nSPS) is 19.9. The Bertz CT molecular complexity index is 657. The maximum Gasteiger partial charge on any atom is 0.401 e. The zero-order valence-electron chi connectivity index (χ0n) is 16.2. The van der Waals surface area contributed by atoms with Crippen LogP contribution in [0.3, 0.4) is 0 Å². The van der Waals surface area contributed by atoms with Crippen molar-refractivity contribution in [3.05, 3.63) is 35.4 Å². The summed E-state index contributed by atoms with van der Waals surface area (Å²) in [5.74, 6) is -0.897. The first-order valence-electron chi connectivity index (χ1n) is 8.97. The van der Waals surface area contributed by atoms with Crippen molar-refractivity contribution in [2.75, 3.05) is 47.3 Å². The first kappa shape index (κ1) is 22.4. The van der Waals surface area contributed by atoms with E-state index in [2.05, 4.69) is 15.6 Å². The molecule has 10 heteroatoms. The van der Waals surface area contributed by atoms with Crippen molar-refractivity contribution < 1.29 is 22.0 Å². The molecule has 1 heterocycles. The van der Waals surface area contributed by atoms with Gasteiger partial charge in [0.05, 0.1) is 12.6 Å². The van der Waals surface area contributed by atoms with Crippen LogP contribution in [0.15, 0.2) is 23.2 Å². The molecule has 1 aromatic rings. The van der Waals surface area contributed by atoms with E-state index in [1.165, 1.54) is 30.1 Å². The molecule has 0 saturated carbocycles. The van der Waals surface area contributed by atoms with Gasteiger partial charge in [-0.15, -0.1) is 0 Å². The quantitative estimate of drug-likeness (QED) is 0.432. The van der Waals surface area contributed by atoms with E-state index in [9.17, 15) is 22.0 Å². The molecule has 28 heavy (non-hydrogen) atoms. The summed E-state index contributed by atoms with van der Waals surface area (Å²) >= 11 is 0. The van der Waals surface area contributed by atoms with Gasteiger partial charge in [0.2, 0.25) is 0 Å². The Balaban J connectivity index is 1.95. The van der Waals surface area contributed by atoms with E-state index in [0.717, 1.165) is 0 Å². The molecule has 0 aliphatic carbocycles. The van der Waals surface area contributed by atoms with Crippen molar-refractivity contribution in [3.8, 4) is 0 Å². The van der Waals surface area contributed by atoms with Crippen LogP contribution in [0.2, 0.25) is 0 Å². The lowest BCUT2D eigenvalue weighted by molar-refractivity contribution is -0.143. The molecule has 5 nitrogen and oxygen atoms in total. The fourth-order valence-electron chi connectivity index (χ4n) is 3.30. The number of benzene rings is 1. The van der Waals surface area contributed by atoms with Crippen molar-refractivity contribution in [2.45, 2.75) is 24.7 Å². The summed E-state index contributed by atoms with van der Waals surface area (Å²) in [5.41, 5.74) is -0.0485. The number of likely N-dealkylation sites (N-methyl/N-ethyl adjacent to an activating group) is 1. The van der Waals surface area contributed by atoms with E-state index in [1.807, 2.05) is 0 Å². The highest BCUT2D eigenvalue weighted by molar-refractivity contribution is 5.80. The number of halogens is 5. The molecule has 0 amide bonds. The Morgan fingerprint density at radius 1 is 1.29 bits per heavy atom. The van der Waals surface area contributed by atoms with Gasteiger partial charge in [-0.1, -0.05) is 6.07 Å². The fourth-order valence-corrected chi connectivity index (χ4v) is 3.30. The Labute approximate surface area is 161 Å². The monoisotopic (exact) mass is 407 g/mol. The minimum Gasteiger partial charge on any atom is -0.354 e. The van der Waals surface area contributed by atoms with Crippen LogP contribution in [0.4, 0.5) is 22.0 Å². The molecule has 1 aliphatic heterocycles. The van der Waals surface area contributed by atoms with Crippen LogP contribution in [-0.4, -0.2) is 75.3 Å². The summed E-state index contributed by atoms with van der Waals surface area (Å²) in [4.78, 5) is 7.09. The third kappa shape index (κ3) is 6.30. The number of aliphatic imine (C=N–C) groups is 1. The van der Waals surface area contributed by atoms with Crippen LogP contribution >= 0.6 is 0 Å². The number of nitrogens with zero attached hydrogens (tertiary/aromatic N) is 3. The minimum absolute atomic E-state index is 0.0485. The van der Waals surface area contributed by atoms with Gasteiger partial charge >= 0.3 is 6.18 Å². The molecule has 2 N–H and O–H groups in total. The molecular weight excluding hydrogens is 381 g/mol. The molecule has 2 unspecified atom stereocenters. The SMILES string of the molecule is CN=C(NCC(c1c(F)cccc1F)N(C)C)NC1CCN(CC(F)(F)F)C1. The number of alkyl halides is 3. The second-order valence-corrected chi connectivity index (χ2v) is 7.05. The van der Waals surface area contributed by atoms with Crippen molar-refractivity contribution in [2.24, 2.45) is 4.99 Å². The maximum absolute atomic E-state index is 14.1. The first-order chi connectivity index (χ1) is 13.1. The van der Waals surface area contributed by atoms with Gasteiger partial charge in [0.15, 0.2) is 5.96 Å². The molecule has 158 valence electrons. The van der Waals surface area contributed by atoms with Crippen LogP contribution in [0, 0.1) is 11.6 Å². The molecule has 0 aromatic heterocycles. The van der Waals surface area contributed by atoms with Gasteiger partial charge in [0.25, 0.3) is 0 Å². The van der Waals surface area contributed by atoms with Crippen LogP contribution in [0.25, 0.3) is 0 Å². The van der Waals surface area contributed by atoms with Gasteiger partial charge < -0.3 is 15.5 Å². The number of guanidine groups is 1. The van der Waals surface area contributed by atoms with E-state index in [0.29, 0.717) is 18.9 Å². The molecule has 0 bridgehead atoms. The molecule has 2 atom stereocenters. The Kier molecular flexibility index (Phi) is 7.59. The third-order valence-electron chi connectivity index (χ3n) is 4.66. The van der Waals surface area contributed by atoms with E-state index >= 15 is 0 Å². The number of rotatable bonds is 6. The molecular formula is C18H26F5N5. The lowest BCUT2D eigenvalue weighted by Gasteiger charge is -2.27. The number of likely N-dealkylation sites (tertiary alicyclic amines) is 1. The van der Waals surface area contributed by atoms with Crippen molar-refractivity contribution in [3.63, 3.8) is 0 Å². The number of hydrogen-bond acceptors (Lipinski definition) is 3. The third-order valence-corrected chi connectivity index (χ3v) is 4.66. The summed E-state index contributed by atoms with van der Waals surface area (Å²) in [7, 11) is 4.95. The highest BCUT2D eigenvalue weighted by atomic mass is 19.4. The highest BCUT2D eigenvalue weighted by Gasteiger charge is 2.34. The van der Waals surface area contributed by atoms with Crippen molar-refractivity contribution in [1.29, 1.82) is 0 Å². The van der Waals surface area contributed by atoms with Crippen LogP contribution in [0.1, 0.15) is 18.0 Å². The number of hydrogen-bond donors (Lipinski definition) is 2. The standard InChI is InChI=1S/C18H26F5N5/c1-24-17(26-12-7-8-28(10-12)11-18(21,22)23)25-9-15(27(2)3)16-13(19)5-4-6-14(16)20/h4-6,12,15H,7-11H2,1-3H3,(H2,24,25,26). The topological polar surface area (TPSA) is 42.9 Å². The van der Waals surface area contributed by atoms with Gasteiger partial charge in [0.1, 0.15) is 11.6 Å². The predicted octanol–water partition coefficient (Wildman–Crippen LogP) is 2.37. The highest BCUT2D eigenvalue weighted by Crippen LogP contribution is 2.24. The molecule has 1 fully saturated rings. The van der Waals surface area contributed by atoms with E-state index in [-0.39, 0.29) is 24.7 Å². The Hall–Kier alpha value is -1.94. The van der Waals surface area contributed by atoms with E-state index in [4.69, 9.17) is 0 Å². The van der Waals surface area contributed by atoms with Gasteiger partial charge in [-0.2, -0.15) is 13.2 Å². The predicted molar refractivity (Wildman–Crippen MR) is 98.2 cm³/mol. The molecule has 1 aromatic carbocycles. The second kappa shape index (κ2) is 9.51. The van der Waals surface area contributed by atoms with Crippen molar-refractivity contribution in [1.82, 2.24) is 20.4 Å². The van der Waals surface area contributed by atoms with Crippen LogP contribution in [0.5, 0.6) is 0 Å². The molecule has 1 aliphatic rings. The first-order valence-corrected chi connectivity index (χ1v) is 8.97. The summed E-state index contributed by atoms with van der Waals surface area (Å²) in [5, 5.41) is 6.10. The summed E-state index contributed by atoms with van der Waals surface area (Å²) in [6, 6.07) is 2.94. The number of nitrogens with one attached hydrogen (secondary N) is 2. The van der Waals surface area contributed by atoms with Crippen molar-refractivity contribution >= 4 is 5.96 Å². The average molecular weight is 407 g/mol. The largest absolute Gasteiger partial charge is 0.401 e. The van der Waals surface area contributed by atoms with Gasteiger partial charge in [-0.3, -0.25) is 9.89 Å².